The van der Waals surface area contributed by atoms with Gasteiger partial charge in [-0.25, -0.2) is 15.0 Å². The summed E-state index contributed by atoms with van der Waals surface area (Å²) in [6.45, 7) is 3.60. The van der Waals surface area contributed by atoms with Crippen molar-refractivity contribution in [2.45, 2.75) is 25.5 Å². The van der Waals surface area contributed by atoms with Gasteiger partial charge >= 0.3 is 0 Å². The predicted octanol–water partition coefficient (Wildman–Crippen LogP) is 2.38. The minimum atomic E-state index is 0.206. The molecule has 1 aliphatic heterocycles. The molecule has 0 amide bonds. The van der Waals surface area contributed by atoms with Crippen molar-refractivity contribution in [3.8, 4) is 0 Å². The second kappa shape index (κ2) is 6.92. The number of ether oxygens (including phenoxy) is 1. The highest BCUT2D eigenvalue weighted by atomic mass is 16.5. The number of para-hydroxylation sites is 2. The van der Waals surface area contributed by atoms with Crippen LogP contribution in [-0.2, 0) is 11.8 Å². The second-order valence-electron chi connectivity index (χ2n) is 6.78. The Hall–Kier alpha value is -2.67. The molecule has 1 aromatic carbocycles. The third kappa shape index (κ3) is 3.10. The van der Waals surface area contributed by atoms with Crippen LogP contribution in [0.25, 0.3) is 11.0 Å². The van der Waals surface area contributed by atoms with Gasteiger partial charge in [0, 0.05) is 39.0 Å². The van der Waals surface area contributed by atoms with E-state index in [4.69, 9.17) is 9.72 Å². The van der Waals surface area contributed by atoms with Gasteiger partial charge in [-0.05, 0) is 25.5 Å². The van der Waals surface area contributed by atoms with Crippen LogP contribution in [0.2, 0.25) is 0 Å². The monoisotopic (exact) mass is 352 g/mol. The molecule has 2 atom stereocenters. The summed E-state index contributed by atoms with van der Waals surface area (Å²) in [5.41, 5.74) is 3.10. The standard InChI is InChI=1S/C19H24N6O/c1-13-8-18(22-12-21-13)25-11-15(26-3)9-14(25)10-20-19-23-16-6-4-5-7-17(16)24(19)2/h4-8,12,14-15H,9-11H2,1-3H3,(H,20,23)/t14-,15-/m0/s1. The number of aryl methyl sites for hydroxylation is 2. The highest BCUT2D eigenvalue weighted by molar-refractivity contribution is 5.78. The molecule has 4 rings (SSSR count). The lowest BCUT2D eigenvalue weighted by Gasteiger charge is -2.25. The highest BCUT2D eigenvalue weighted by Gasteiger charge is 2.33. The van der Waals surface area contributed by atoms with Crippen molar-refractivity contribution in [3.05, 3.63) is 42.4 Å². The summed E-state index contributed by atoms with van der Waals surface area (Å²) < 4.78 is 7.71. The topological polar surface area (TPSA) is 68.1 Å². The molecule has 7 nitrogen and oxygen atoms in total. The molecule has 26 heavy (non-hydrogen) atoms. The van der Waals surface area contributed by atoms with Crippen LogP contribution in [0.4, 0.5) is 11.8 Å². The maximum Gasteiger partial charge on any atom is 0.203 e. The van der Waals surface area contributed by atoms with Crippen LogP contribution >= 0.6 is 0 Å². The SMILES string of the molecule is CO[C@H]1C[C@@H](CNc2nc3ccccc3n2C)N(c2cc(C)ncn2)C1. The number of imidazole rings is 1. The first-order valence-corrected chi connectivity index (χ1v) is 8.89. The number of fused-ring (bicyclic) bond motifs is 1. The lowest BCUT2D eigenvalue weighted by atomic mass is 10.2. The molecule has 0 unspecified atom stereocenters. The van der Waals surface area contributed by atoms with Gasteiger partial charge in [0.05, 0.1) is 23.2 Å². The largest absolute Gasteiger partial charge is 0.380 e. The molecule has 136 valence electrons. The van der Waals surface area contributed by atoms with Crippen molar-refractivity contribution in [1.82, 2.24) is 19.5 Å². The van der Waals surface area contributed by atoms with Crippen LogP contribution in [-0.4, -0.2) is 51.9 Å². The Morgan fingerprint density at radius 1 is 1.27 bits per heavy atom. The molecule has 2 aromatic heterocycles. The van der Waals surface area contributed by atoms with Crippen LogP contribution in [0, 0.1) is 6.92 Å². The smallest absolute Gasteiger partial charge is 0.203 e. The maximum absolute atomic E-state index is 5.61. The summed E-state index contributed by atoms with van der Waals surface area (Å²) in [4.78, 5) is 15.7. The molecule has 0 saturated carbocycles. The van der Waals surface area contributed by atoms with Gasteiger partial charge in [-0.1, -0.05) is 12.1 Å². The van der Waals surface area contributed by atoms with Crippen LogP contribution in [0.3, 0.4) is 0 Å². The van der Waals surface area contributed by atoms with E-state index >= 15 is 0 Å². The summed E-state index contributed by atoms with van der Waals surface area (Å²) in [5, 5.41) is 3.51. The molecule has 0 bridgehead atoms. The zero-order valence-electron chi connectivity index (χ0n) is 15.4. The molecule has 3 aromatic rings. The molecule has 1 N–H and O–H groups in total. The molecule has 7 heteroatoms. The molecule has 3 heterocycles. The summed E-state index contributed by atoms with van der Waals surface area (Å²) >= 11 is 0. The van der Waals surface area contributed by atoms with E-state index in [0.717, 1.165) is 48.0 Å². The van der Waals surface area contributed by atoms with Crippen molar-refractivity contribution in [1.29, 1.82) is 0 Å². The minimum absolute atomic E-state index is 0.206. The first-order valence-electron chi connectivity index (χ1n) is 8.89. The van der Waals surface area contributed by atoms with Gasteiger partial charge in [0.1, 0.15) is 12.1 Å². The zero-order chi connectivity index (χ0) is 18.1. The van der Waals surface area contributed by atoms with Crippen LogP contribution < -0.4 is 10.2 Å². The Labute approximate surface area is 153 Å². The molecule has 1 aliphatic rings. The molecule has 0 radical (unpaired) electrons. The van der Waals surface area contributed by atoms with Crippen molar-refractivity contribution >= 4 is 22.8 Å². The van der Waals surface area contributed by atoms with Gasteiger partial charge in [0.25, 0.3) is 0 Å². The number of hydrogen-bond donors (Lipinski definition) is 1. The number of nitrogens with one attached hydrogen (secondary N) is 1. The first kappa shape index (κ1) is 16.8. The van der Waals surface area contributed by atoms with Gasteiger partial charge in [-0.3, -0.25) is 0 Å². The molecule has 0 aliphatic carbocycles. The number of rotatable bonds is 5. The normalized spacial score (nSPS) is 20.0. The second-order valence-corrected chi connectivity index (χ2v) is 6.78. The van der Waals surface area contributed by atoms with E-state index < -0.39 is 0 Å². The van der Waals surface area contributed by atoms with E-state index in [-0.39, 0.29) is 12.1 Å². The quantitative estimate of drug-likeness (QED) is 0.760. The molecule has 1 saturated heterocycles. The lowest BCUT2D eigenvalue weighted by Crippen LogP contribution is -2.36. The molecular formula is C19H24N6O. The molecular weight excluding hydrogens is 328 g/mol. The molecule has 0 spiro atoms. The van der Waals surface area contributed by atoms with Gasteiger partial charge in [-0.15, -0.1) is 0 Å². The number of nitrogens with zero attached hydrogens (tertiary/aromatic N) is 5. The average molecular weight is 352 g/mol. The number of anilines is 2. The van der Waals surface area contributed by atoms with E-state index in [1.807, 2.05) is 38.2 Å². The van der Waals surface area contributed by atoms with Crippen LogP contribution in [0.1, 0.15) is 12.1 Å². The maximum atomic E-state index is 5.61. The minimum Gasteiger partial charge on any atom is -0.380 e. The zero-order valence-corrected chi connectivity index (χ0v) is 15.4. The van der Waals surface area contributed by atoms with E-state index in [1.54, 1.807) is 13.4 Å². The fourth-order valence-electron chi connectivity index (χ4n) is 3.63. The summed E-state index contributed by atoms with van der Waals surface area (Å²) in [6.07, 6.45) is 2.79. The Kier molecular flexibility index (Phi) is 4.46. The van der Waals surface area contributed by atoms with E-state index in [1.165, 1.54) is 0 Å². The third-order valence-electron chi connectivity index (χ3n) is 5.08. The third-order valence-corrected chi connectivity index (χ3v) is 5.08. The van der Waals surface area contributed by atoms with Crippen molar-refractivity contribution in [3.63, 3.8) is 0 Å². The van der Waals surface area contributed by atoms with Gasteiger partial charge in [0.2, 0.25) is 5.95 Å². The number of hydrogen-bond acceptors (Lipinski definition) is 6. The average Bonchev–Trinajstić information content (AvgIpc) is 3.21. The lowest BCUT2D eigenvalue weighted by molar-refractivity contribution is 0.118. The number of aromatic nitrogens is 4. The Morgan fingerprint density at radius 3 is 2.88 bits per heavy atom. The van der Waals surface area contributed by atoms with Crippen molar-refractivity contribution in [2.75, 3.05) is 30.4 Å². The van der Waals surface area contributed by atoms with E-state index in [0.29, 0.717) is 0 Å². The summed E-state index contributed by atoms with van der Waals surface area (Å²) in [5.74, 6) is 1.83. The van der Waals surface area contributed by atoms with Gasteiger partial charge in [0.15, 0.2) is 0 Å². The van der Waals surface area contributed by atoms with Crippen LogP contribution in [0.5, 0.6) is 0 Å². The van der Waals surface area contributed by atoms with Crippen molar-refractivity contribution < 1.29 is 4.74 Å². The highest BCUT2D eigenvalue weighted by Crippen LogP contribution is 2.26. The summed E-state index contributed by atoms with van der Waals surface area (Å²) in [6, 6.07) is 10.5. The van der Waals surface area contributed by atoms with E-state index in [2.05, 4.69) is 30.8 Å². The molecule has 1 fully saturated rings. The van der Waals surface area contributed by atoms with Crippen molar-refractivity contribution in [2.24, 2.45) is 7.05 Å². The summed E-state index contributed by atoms with van der Waals surface area (Å²) in [7, 11) is 3.81. The van der Waals surface area contributed by atoms with Gasteiger partial charge in [-0.2, -0.15) is 0 Å². The first-order chi connectivity index (χ1) is 12.7. The fourth-order valence-corrected chi connectivity index (χ4v) is 3.63. The Balaban J connectivity index is 1.54. The van der Waals surface area contributed by atoms with Gasteiger partial charge < -0.3 is 19.5 Å². The number of benzene rings is 1. The Morgan fingerprint density at radius 2 is 2.12 bits per heavy atom. The Bertz CT molecular complexity index is 908. The van der Waals surface area contributed by atoms with Crippen LogP contribution in [0.15, 0.2) is 36.7 Å². The number of methoxy groups -OCH3 is 1. The predicted molar refractivity (Wildman–Crippen MR) is 103 cm³/mol. The van der Waals surface area contributed by atoms with E-state index in [9.17, 15) is 0 Å². The fraction of sp³-hybridized carbons (Fsp3) is 0.421.